The van der Waals surface area contributed by atoms with Crippen LogP contribution in [0.15, 0.2) is 47.4 Å². The monoisotopic (exact) mass is 401 g/mol. The number of hydrogen-bond donors (Lipinski definition) is 2. The van der Waals surface area contributed by atoms with E-state index in [-0.39, 0.29) is 16.4 Å². The van der Waals surface area contributed by atoms with Crippen LogP contribution in [-0.2, 0) is 21.2 Å². The van der Waals surface area contributed by atoms with Crippen LogP contribution in [0, 0.1) is 0 Å². The lowest BCUT2D eigenvalue weighted by atomic mass is 10.0. The van der Waals surface area contributed by atoms with Gasteiger partial charge in [0.2, 0.25) is 15.9 Å². The van der Waals surface area contributed by atoms with Crippen LogP contribution in [-0.4, -0.2) is 37.6 Å². The van der Waals surface area contributed by atoms with Crippen LogP contribution in [0.2, 0.25) is 0 Å². The molecule has 0 fully saturated rings. The molecule has 2 N–H and O–H groups in total. The maximum absolute atomic E-state index is 12.7. The van der Waals surface area contributed by atoms with Gasteiger partial charge in [0.25, 0.3) is 5.91 Å². The molecule has 8 heteroatoms. The summed E-state index contributed by atoms with van der Waals surface area (Å²) in [5, 5.41) is 5.59. The van der Waals surface area contributed by atoms with E-state index in [2.05, 4.69) is 10.6 Å². The Labute approximate surface area is 164 Å². The van der Waals surface area contributed by atoms with Gasteiger partial charge in [0.05, 0.1) is 4.90 Å². The van der Waals surface area contributed by atoms with Crippen molar-refractivity contribution >= 4 is 33.2 Å². The SMILES string of the molecule is CCN(CC)S(=O)(=O)c1cccc(C(=O)Nc2ccc3c(c2)CCC(=O)N3)c1. The number of fused-ring (bicyclic) bond motifs is 1. The summed E-state index contributed by atoms with van der Waals surface area (Å²) in [6, 6.07) is 11.3. The molecule has 0 spiro atoms. The Bertz CT molecular complexity index is 1010. The summed E-state index contributed by atoms with van der Waals surface area (Å²) in [5.74, 6) is -0.410. The highest BCUT2D eigenvalue weighted by atomic mass is 32.2. The number of aryl methyl sites for hydroxylation is 1. The van der Waals surface area contributed by atoms with Gasteiger partial charge in [-0.15, -0.1) is 0 Å². The van der Waals surface area contributed by atoms with Crippen molar-refractivity contribution in [2.45, 2.75) is 31.6 Å². The number of sulfonamides is 1. The molecule has 0 unspecified atom stereocenters. The van der Waals surface area contributed by atoms with Crippen molar-refractivity contribution in [2.75, 3.05) is 23.7 Å². The van der Waals surface area contributed by atoms with Gasteiger partial charge in [-0.25, -0.2) is 8.42 Å². The summed E-state index contributed by atoms with van der Waals surface area (Å²) in [6.07, 6.45) is 1.03. The zero-order chi connectivity index (χ0) is 20.3. The first-order valence-electron chi connectivity index (χ1n) is 9.19. The molecule has 0 radical (unpaired) electrons. The third-order valence-corrected chi connectivity index (χ3v) is 6.74. The second-order valence-electron chi connectivity index (χ2n) is 6.49. The summed E-state index contributed by atoms with van der Waals surface area (Å²) in [7, 11) is -3.63. The van der Waals surface area contributed by atoms with E-state index in [9.17, 15) is 18.0 Å². The predicted molar refractivity (Wildman–Crippen MR) is 108 cm³/mol. The van der Waals surface area contributed by atoms with Gasteiger partial charge in [0, 0.05) is 36.4 Å². The average molecular weight is 401 g/mol. The topological polar surface area (TPSA) is 95.6 Å². The fourth-order valence-electron chi connectivity index (χ4n) is 3.17. The van der Waals surface area contributed by atoms with E-state index >= 15 is 0 Å². The summed E-state index contributed by atoms with van der Waals surface area (Å²) >= 11 is 0. The first-order valence-corrected chi connectivity index (χ1v) is 10.6. The van der Waals surface area contributed by atoms with E-state index in [4.69, 9.17) is 0 Å². The van der Waals surface area contributed by atoms with Crippen LogP contribution in [0.4, 0.5) is 11.4 Å². The lowest BCUT2D eigenvalue weighted by molar-refractivity contribution is -0.116. The van der Waals surface area contributed by atoms with Crippen molar-refractivity contribution in [3.05, 3.63) is 53.6 Å². The Morgan fingerprint density at radius 2 is 1.86 bits per heavy atom. The molecule has 0 aromatic heterocycles. The molecule has 0 saturated carbocycles. The van der Waals surface area contributed by atoms with Gasteiger partial charge in [-0.05, 0) is 48.4 Å². The van der Waals surface area contributed by atoms with Crippen molar-refractivity contribution in [3.63, 3.8) is 0 Å². The van der Waals surface area contributed by atoms with E-state index in [0.29, 0.717) is 31.6 Å². The number of benzene rings is 2. The van der Waals surface area contributed by atoms with Crippen LogP contribution >= 0.6 is 0 Å². The molecule has 1 aliphatic rings. The highest BCUT2D eigenvalue weighted by Crippen LogP contribution is 2.26. The van der Waals surface area contributed by atoms with Crippen molar-refractivity contribution in [3.8, 4) is 0 Å². The third kappa shape index (κ3) is 4.07. The van der Waals surface area contributed by atoms with Crippen LogP contribution in [0.3, 0.4) is 0 Å². The molecule has 2 amide bonds. The molecule has 1 aliphatic heterocycles. The number of carbonyl (C=O) groups excluding carboxylic acids is 2. The summed E-state index contributed by atoms with van der Waals surface area (Å²) in [6.45, 7) is 4.27. The first-order chi connectivity index (χ1) is 13.3. The van der Waals surface area contributed by atoms with Gasteiger partial charge in [0.1, 0.15) is 0 Å². The van der Waals surface area contributed by atoms with E-state index in [1.165, 1.54) is 16.4 Å². The Balaban J connectivity index is 1.81. The summed E-state index contributed by atoms with van der Waals surface area (Å²) < 4.78 is 26.7. The molecule has 3 rings (SSSR count). The smallest absolute Gasteiger partial charge is 0.255 e. The predicted octanol–water partition coefficient (Wildman–Crippen LogP) is 2.85. The fraction of sp³-hybridized carbons (Fsp3) is 0.300. The molecule has 28 heavy (non-hydrogen) atoms. The maximum atomic E-state index is 12.7. The largest absolute Gasteiger partial charge is 0.326 e. The van der Waals surface area contributed by atoms with Gasteiger partial charge in [0.15, 0.2) is 0 Å². The zero-order valence-corrected chi connectivity index (χ0v) is 16.7. The normalized spacial score (nSPS) is 13.8. The molecule has 0 atom stereocenters. The highest BCUT2D eigenvalue weighted by Gasteiger charge is 2.22. The van der Waals surface area contributed by atoms with E-state index < -0.39 is 15.9 Å². The van der Waals surface area contributed by atoms with Crippen LogP contribution < -0.4 is 10.6 Å². The molecule has 0 saturated heterocycles. The number of hydrogen-bond acceptors (Lipinski definition) is 4. The molecule has 2 aromatic carbocycles. The lowest BCUT2D eigenvalue weighted by Crippen LogP contribution is -2.30. The Morgan fingerprint density at radius 1 is 1.11 bits per heavy atom. The molecule has 0 bridgehead atoms. The van der Waals surface area contributed by atoms with Crippen LogP contribution in [0.1, 0.15) is 36.2 Å². The maximum Gasteiger partial charge on any atom is 0.255 e. The molecule has 1 heterocycles. The van der Waals surface area contributed by atoms with E-state index in [1.807, 2.05) is 6.07 Å². The van der Waals surface area contributed by atoms with E-state index in [1.54, 1.807) is 38.1 Å². The van der Waals surface area contributed by atoms with Crippen molar-refractivity contribution in [1.29, 1.82) is 0 Å². The van der Waals surface area contributed by atoms with E-state index in [0.717, 1.165) is 11.3 Å². The number of nitrogens with one attached hydrogen (secondary N) is 2. The van der Waals surface area contributed by atoms with Gasteiger partial charge in [-0.1, -0.05) is 19.9 Å². The van der Waals surface area contributed by atoms with Crippen molar-refractivity contribution in [1.82, 2.24) is 4.31 Å². The van der Waals surface area contributed by atoms with Gasteiger partial charge in [-0.3, -0.25) is 9.59 Å². The minimum absolute atomic E-state index is 0.0180. The van der Waals surface area contributed by atoms with Gasteiger partial charge in [-0.2, -0.15) is 4.31 Å². The van der Waals surface area contributed by atoms with Gasteiger partial charge >= 0.3 is 0 Å². The Kier molecular flexibility index (Phi) is 5.81. The lowest BCUT2D eigenvalue weighted by Gasteiger charge is -2.19. The molecule has 148 valence electrons. The summed E-state index contributed by atoms with van der Waals surface area (Å²) in [4.78, 5) is 24.2. The number of carbonyl (C=O) groups is 2. The molecular weight excluding hydrogens is 378 g/mol. The molecular formula is C20H23N3O4S. The second kappa shape index (κ2) is 8.12. The van der Waals surface area contributed by atoms with Crippen molar-refractivity contribution < 1.29 is 18.0 Å². The summed E-state index contributed by atoms with van der Waals surface area (Å²) in [5.41, 5.74) is 2.56. The Hall–Kier alpha value is -2.71. The minimum atomic E-state index is -3.63. The van der Waals surface area contributed by atoms with Crippen molar-refractivity contribution in [2.24, 2.45) is 0 Å². The van der Waals surface area contributed by atoms with Crippen LogP contribution in [0.25, 0.3) is 0 Å². The second-order valence-corrected chi connectivity index (χ2v) is 8.43. The number of anilines is 2. The Morgan fingerprint density at radius 3 is 2.57 bits per heavy atom. The molecule has 7 nitrogen and oxygen atoms in total. The number of amides is 2. The standard InChI is InChI=1S/C20H23N3O4S/c1-3-23(4-2)28(26,27)17-7-5-6-15(13-17)20(25)21-16-9-10-18-14(12-16)8-11-19(24)22-18/h5-7,9-10,12-13H,3-4,8,11H2,1-2H3,(H,21,25)(H,22,24). The third-order valence-electron chi connectivity index (χ3n) is 4.70. The highest BCUT2D eigenvalue weighted by molar-refractivity contribution is 7.89. The first kappa shape index (κ1) is 20.0. The quantitative estimate of drug-likeness (QED) is 0.778. The number of rotatable bonds is 6. The average Bonchev–Trinajstić information content (AvgIpc) is 2.69. The minimum Gasteiger partial charge on any atom is -0.326 e. The fourth-order valence-corrected chi connectivity index (χ4v) is 4.68. The zero-order valence-electron chi connectivity index (χ0n) is 15.9. The molecule has 0 aliphatic carbocycles. The molecule has 2 aromatic rings. The number of nitrogens with zero attached hydrogens (tertiary/aromatic N) is 1. The van der Waals surface area contributed by atoms with Crippen LogP contribution in [0.5, 0.6) is 0 Å². The van der Waals surface area contributed by atoms with Gasteiger partial charge < -0.3 is 10.6 Å².